The van der Waals surface area contributed by atoms with Crippen molar-refractivity contribution in [3.63, 3.8) is 0 Å². The monoisotopic (exact) mass is 316 g/mol. The second-order valence-electron chi connectivity index (χ2n) is 7.44. The number of phenols is 2. The van der Waals surface area contributed by atoms with E-state index in [1.807, 2.05) is 6.07 Å². The van der Waals surface area contributed by atoms with Crippen molar-refractivity contribution in [2.24, 2.45) is 5.41 Å². The first kappa shape index (κ1) is 16.1. The molecule has 0 radical (unpaired) electrons. The van der Waals surface area contributed by atoms with E-state index in [2.05, 4.69) is 13.8 Å². The second kappa shape index (κ2) is 5.38. The Morgan fingerprint density at radius 2 is 1.87 bits per heavy atom. The number of aromatic hydroxyl groups is 2. The Balaban J connectivity index is 2.26. The number of rotatable bonds is 2. The number of phenolic OH excluding ortho intramolecular Hbond substituents is 2. The number of aliphatic hydroxyl groups excluding tert-OH is 1. The molecule has 1 aromatic carbocycles. The fraction of sp³-hybridized carbons (Fsp3) is 0.526. The third-order valence-electron chi connectivity index (χ3n) is 5.46. The van der Waals surface area contributed by atoms with E-state index in [1.54, 1.807) is 6.92 Å². The molecule has 2 aliphatic carbocycles. The molecule has 0 fully saturated rings. The summed E-state index contributed by atoms with van der Waals surface area (Å²) in [6, 6.07) is 1.84. The fourth-order valence-electron chi connectivity index (χ4n) is 3.91. The van der Waals surface area contributed by atoms with E-state index in [4.69, 9.17) is 0 Å². The molecule has 1 atom stereocenters. The first-order valence-corrected chi connectivity index (χ1v) is 8.23. The highest BCUT2D eigenvalue weighted by molar-refractivity contribution is 6.24. The Labute approximate surface area is 136 Å². The van der Waals surface area contributed by atoms with Crippen molar-refractivity contribution in [2.75, 3.05) is 6.61 Å². The SMILES string of the molecule is C[C@@H](CO)c1cc2c(c(O)c1O)C1=C(CC2)C(C)(C)CCC1=O. The van der Waals surface area contributed by atoms with Gasteiger partial charge in [-0.15, -0.1) is 0 Å². The molecule has 0 bridgehead atoms. The maximum absolute atomic E-state index is 12.5. The molecule has 0 saturated carbocycles. The number of allylic oxidation sites excluding steroid dienone is 2. The molecule has 0 aromatic heterocycles. The summed E-state index contributed by atoms with van der Waals surface area (Å²) in [7, 11) is 0. The average Bonchev–Trinajstić information content (AvgIpc) is 2.53. The number of fused-ring (bicyclic) bond motifs is 2. The molecule has 0 aliphatic heterocycles. The molecule has 2 aliphatic rings. The molecule has 4 heteroatoms. The zero-order valence-electron chi connectivity index (χ0n) is 13.9. The minimum absolute atomic E-state index is 0.0536. The maximum atomic E-state index is 12.5. The molecule has 0 heterocycles. The van der Waals surface area contributed by atoms with E-state index in [1.165, 1.54) is 0 Å². The number of aliphatic hydroxyl groups is 1. The molecule has 3 N–H and O–H groups in total. The second-order valence-corrected chi connectivity index (χ2v) is 7.44. The van der Waals surface area contributed by atoms with Crippen molar-refractivity contribution in [3.05, 3.63) is 28.3 Å². The van der Waals surface area contributed by atoms with Gasteiger partial charge in [-0.2, -0.15) is 0 Å². The van der Waals surface area contributed by atoms with Crippen LogP contribution in [0, 0.1) is 5.41 Å². The van der Waals surface area contributed by atoms with Gasteiger partial charge in [-0.25, -0.2) is 0 Å². The lowest BCUT2D eigenvalue weighted by Crippen LogP contribution is -2.28. The van der Waals surface area contributed by atoms with Crippen molar-refractivity contribution in [3.8, 4) is 11.5 Å². The van der Waals surface area contributed by atoms with Gasteiger partial charge < -0.3 is 15.3 Å². The number of hydrogen-bond donors (Lipinski definition) is 3. The number of aryl methyl sites for hydroxylation is 1. The Hall–Kier alpha value is -1.81. The Morgan fingerprint density at radius 3 is 2.52 bits per heavy atom. The van der Waals surface area contributed by atoms with Crippen LogP contribution < -0.4 is 0 Å². The van der Waals surface area contributed by atoms with Crippen LogP contribution in [0.3, 0.4) is 0 Å². The highest BCUT2D eigenvalue weighted by Crippen LogP contribution is 2.52. The quantitative estimate of drug-likeness (QED) is 0.732. The van der Waals surface area contributed by atoms with Crippen molar-refractivity contribution in [1.29, 1.82) is 0 Å². The molecule has 0 saturated heterocycles. The van der Waals surface area contributed by atoms with Gasteiger partial charge in [0.15, 0.2) is 17.3 Å². The largest absolute Gasteiger partial charge is 0.504 e. The molecular formula is C19H24O4. The van der Waals surface area contributed by atoms with Crippen LogP contribution in [0.5, 0.6) is 11.5 Å². The van der Waals surface area contributed by atoms with Crippen molar-refractivity contribution < 1.29 is 20.1 Å². The lowest BCUT2D eigenvalue weighted by atomic mass is 9.65. The van der Waals surface area contributed by atoms with Gasteiger partial charge in [0.2, 0.25) is 0 Å². The number of ketones is 1. The topological polar surface area (TPSA) is 77.8 Å². The third kappa shape index (κ3) is 2.36. The molecule has 3 rings (SSSR count). The van der Waals surface area contributed by atoms with Crippen LogP contribution >= 0.6 is 0 Å². The number of carbonyl (C=O) groups excluding carboxylic acids is 1. The van der Waals surface area contributed by atoms with Gasteiger partial charge in [0.25, 0.3) is 0 Å². The summed E-state index contributed by atoms with van der Waals surface area (Å²) < 4.78 is 0. The predicted molar refractivity (Wildman–Crippen MR) is 88.5 cm³/mol. The molecular weight excluding hydrogens is 292 g/mol. The van der Waals surface area contributed by atoms with E-state index < -0.39 is 0 Å². The van der Waals surface area contributed by atoms with E-state index in [9.17, 15) is 20.1 Å². The van der Waals surface area contributed by atoms with Crippen LogP contribution in [-0.4, -0.2) is 27.7 Å². The van der Waals surface area contributed by atoms with Gasteiger partial charge >= 0.3 is 0 Å². The van der Waals surface area contributed by atoms with Gasteiger partial charge in [0, 0.05) is 35.6 Å². The van der Waals surface area contributed by atoms with E-state index in [0.717, 1.165) is 30.4 Å². The summed E-state index contributed by atoms with van der Waals surface area (Å²) in [5, 5.41) is 30.3. The molecule has 4 nitrogen and oxygen atoms in total. The minimum atomic E-state index is -0.264. The van der Waals surface area contributed by atoms with Crippen molar-refractivity contribution in [1.82, 2.24) is 0 Å². The Kier molecular flexibility index (Phi) is 3.75. The highest BCUT2D eigenvalue weighted by atomic mass is 16.3. The molecule has 1 aromatic rings. The number of carbonyl (C=O) groups is 1. The van der Waals surface area contributed by atoms with Crippen LogP contribution in [0.4, 0.5) is 0 Å². The van der Waals surface area contributed by atoms with Gasteiger partial charge in [0.05, 0.1) is 0 Å². The van der Waals surface area contributed by atoms with Crippen LogP contribution in [0.2, 0.25) is 0 Å². The number of benzene rings is 1. The van der Waals surface area contributed by atoms with Gasteiger partial charge in [-0.3, -0.25) is 4.79 Å². The maximum Gasteiger partial charge on any atom is 0.166 e. The Bertz CT molecular complexity index is 713. The summed E-state index contributed by atoms with van der Waals surface area (Å²) in [6.45, 7) is 5.97. The fourth-order valence-corrected chi connectivity index (χ4v) is 3.91. The standard InChI is InChI=1S/C19H24O4/c1-10(9-20)12-8-11-4-5-13-16(15(11)18(23)17(12)22)14(21)6-7-19(13,2)3/h8,10,20,22-23H,4-7,9H2,1-3H3/t10-/m0/s1. The third-order valence-corrected chi connectivity index (χ3v) is 5.46. The lowest BCUT2D eigenvalue weighted by Gasteiger charge is -2.38. The summed E-state index contributed by atoms with van der Waals surface area (Å²) in [5.74, 6) is -0.635. The van der Waals surface area contributed by atoms with Gasteiger partial charge in [-0.1, -0.05) is 32.4 Å². The first-order valence-electron chi connectivity index (χ1n) is 8.23. The number of hydrogen-bond acceptors (Lipinski definition) is 4. The van der Waals surface area contributed by atoms with Gasteiger partial charge in [-0.05, 0) is 30.2 Å². The minimum Gasteiger partial charge on any atom is -0.504 e. The predicted octanol–water partition coefficient (Wildman–Crippen LogP) is 3.28. The zero-order chi connectivity index (χ0) is 16.9. The van der Waals surface area contributed by atoms with Crippen LogP contribution in [0.25, 0.3) is 5.57 Å². The van der Waals surface area contributed by atoms with Crippen molar-refractivity contribution in [2.45, 2.75) is 52.4 Å². The van der Waals surface area contributed by atoms with E-state index in [-0.39, 0.29) is 35.2 Å². The van der Waals surface area contributed by atoms with Crippen molar-refractivity contribution >= 4 is 11.4 Å². The molecule has 0 unspecified atom stereocenters. The lowest BCUT2D eigenvalue weighted by molar-refractivity contribution is -0.114. The van der Waals surface area contributed by atoms with Crippen LogP contribution in [-0.2, 0) is 11.2 Å². The molecule has 0 amide bonds. The first-order chi connectivity index (χ1) is 10.8. The molecule has 0 spiro atoms. The number of Topliss-reactive ketones (excluding diaryl/α,β-unsaturated/α-hetero) is 1. The Morgan fingerprint density at radius 1 is 1.17 bits per heavy atom. The summed E-state index contributed by atoms with van der Waals surface area (Å²) in [6.07, 6.45) is 2.84. The summed E-state index contributed by atoms with van der Waals surface area (Å²) in [4.78, 5) is 12.5. The molecule has 23 heavy (non-hydrogen) atoms. The van der Waals surface area contributed by atoms with Gasteiger partial charge in [0.1, 0.15) is 0 Å². The summed E-state index contributed by atoms with van der Waals surface area (Å²) >= 11 is 0. The average molecular weight is 316 g/mol. The van der Waals surface area contributed by atoms with E-state index >= 15 is 0 Å². The smallest absolute Gasteiger partial charge is 0.166 e. The zero-order valence-corrected chi connectivity index (χ0v) is 13.9. The van der Waals surface area contributed by atoms with Crippen LogP contribution in [0.1, 0.15) is 62.6 Å². The summed E-state index contributed by atoms with van der Waals surface area (Å²) in [5.41, 5.74) is 3.59. The highest BCUT2D eigenvalue weighted by Gasteiger charge is 2.39. The normalized spacial score (nSPS) is 21.0. The molecule has 124 valence electrons. The van der Waals surface area contributed by atoms with E-state index in [0.29, 0.717) is 23.1 Å². The van der Waals surface area contributed by atoms with Crippen LogP contribution in [0.15, 0.2) is 11.6 Å².